The summed E-state index contributed by atoms with van der Waals surface area (Å²) in [5.74, 6) is 0.306. The van der Waals surface area contributed by atoms with Crippen LogP contribution in [-0.4, -0.2) is 29.3 Å². The topological polar surface area (TPSA) is 61.4 Å². The molecule has 3 heterocycles. The van der Waals surface area contributed by atoms with E-state index in [-0.39, 0.29) is 35.9 Å². The first-order valence-electron chi connectivity index (χ1n) is 12.8. The van der Waals surface area contributed by atoms with Crippen molar-refractivity contribution in [1.29, 1.82) is 0 Å². The molecule has 0 spiro atoms. The molecule has 2 amide bonds. The van der Waals surface area contributed by atoms with Crippen LogP contribution in [0.2, 0.25) is 0 Å². The normalized spacial score (nSPS) is 27.4. The summed E-state index contributed by atoms with van der Waals surface area (Å²) in [6.07, 6.45) is 4.75. The van der Waals surface area contributed by atoms with Crippen molar-refractivity contribution in [2.45, 2.75) is 50.2 Å². The molecule has 1 saturated carbocycles. The van der Waals surface area contributed by atoms with Gasteiger partial charge in [0.05, 0.1) is 22.9 Å². The monoisotopic (exact) mass is 485 g/mol. The fourth-order valence-electron chi connectivity index (χ4n) is 6.42. The van der Waals surface area contributed by atoms with Gasteiger partial charge in [0, 0.05) is 24.2 Å². The van der Waals surface area contributed by atoms with Crippen LogP contribution in [0.3, 0.4) is 0 Å². The molecule has 1 aliphatic carbocycles. The number of benzene rings is 2. The summed E-state index contributed by atoms with van der Waals surface area (Å²) in [7, 11) is 0. The fourth-order valence-corrected chi connectivity index (χ4v) is 7.05. The molecule has 2 N–H and O–H groups in total. The highest BCUT2D eigenvalue weighted by Crippen LogP contribution is 2.51. The van der Waals surface area contributed by atoms with Crippen LogP contribution in [0.15, 0.2) is 72.1 Å². The van der Waals surface area contributed by atoms with Crippen molar-refractivity contribution in [3.63, 3.8) is 0 Å². The highest BCUT2D eigenvalue weighted by atomic mass is 32.1. The van der Waals surface area contributed by atoms with Gasteiger partial charge in [-0.3, -0.25) is 9.59 Å². The van der Waals surface area contributed by atoms with Crippen molar-refractivity contribution >= 4 is 28.8 Å². The van der Waals surface area contributed by atoms with Crippen LogP contribution in [-0.2, 0) is 4.79 Å². The van der Waals surface area contributed by atoms with Crippen LogP contribution in [0.5, 0.6) is 0 Å². The summed E-state index contributed by atoms with van der Waals surface area (Å²) in [5.41, 5.74) is 3.60. The van der Waals surface area contributed by atoms with E-state index in [1.165, 1.54) is 22.5 Å². The molecule has 6 rings (SSSR count). The van der Waals surface area contributed by atoms with E-state index in [4.69, 9.17) is 0 Å². The number of hydrogen-bond donors (Lipinski definition) is 2. The zero-order valence-corrected chi connectivity index (χ0v) is 20.5. The van der Waals surface area contributed by atoms with Crippen molar-refractivity contribution < 1.29 is 9.59 Å². The highest BCUT2D eigenvalue weighted by Gasteiger charge is 2.48. The van der Waals surface area contributed by atoms with E-state index >= 15 is 0 Å². The molecule has 0 radical (unpaired) electrons. The minimum Gasteiger partial charge on any atom is -0.378 e. The van der Waals surface area contributed by atoms with Crippen molar-refractivity contribution in [2.75, 3.05) is 11.9 Å². The minimum atomic E-state index is -0.163. The summed E-state index contributed by atoms with van der Waals surface area (Å²) < 4.78 is 0. The first-order chi connectivity index (χ1) is 17.2. The number of carbonyl (C=O) groups excluding carboxylic acids is 2. The average molecular weight is 486 g/mol. The molecule has 1 saturated heterocycles. The second-order valence-corrected chi connectivity index (χ2v) is 10.9. The van der Waals surface area contributed by atoms with E-state index in [2.05, 4.69) is 70.1 Å². The molecule has 5 nitrogen and oxygen atoms in total. The molecule has 35 heavy (non-hydrogen) atoms. The molecule has 3 aliphatic rings. The SMILES string of the molecule is O=C(N[C@@H]1CCCC[C@@H]1C(=O)N1CC[C@H]2[C@H](c3ccccc3)Nc3ccccc3[C@@H]21)c1cccs1. The van der Waals surface area contributed by atoms with Gasteiger partial charge in [0.1, 0.15) is 0 Å². The zero-order chi connectivity index (χ0) is 23.8. The summed E-state index contributed by atoms with van der Waals surface area (Å²) in [6.45, 7) is 0.760. The predicted molar refractivity (Wildman–Crippen MR) is 139 cm³/mol. The largest absolute Gasteiger partial charge is 0.378 e. The Bertz CT molecular complexity index is 1200. The van der Waals surface area contributed by atoms with Gasteiger partial charge < -0.3 is 15.5 Å². The zero-order valence-electron chi connectivity index (χ0n) is 19.7. The van der Waals surface area contributed by atoms with Crippen LogP contribution >= 0.6 is 11.3 Å². The molecule has 0 bridgehead atoms. The number of anilines is 1. The van der Waals surface area contributed by atoms with E-state index < -0.39 is 0 Å². The lowest BCUT2D eigenvalue weighted by Gasteiger charge is -2.42. The number of amides is 2. The Hall–Kier alpha value is -3.12. The number of hydrogen-bond acceptors (Lipinski definition) is 4. The lowest BCUT2D eigenvalue weighted by atomic mass is 9.79. The molecule has 0 unspecified atom stereocenters. The van der Waals surface area contributed by atoms with E-state index in [9.17, 15) is 9.59 Å². The third kappa shape index (κ3) is 4.14. The Morgan fingerprint density at radius 1 is 0.914 bits per heavy atom. The lowest BCUT2D eigenvalue weighted by molar-refractivity contribution is -0.138. The maximum absolute atomic E-state index is 14.1. The van der Waals surface area contributed by atoms with E-state index in [0.717, 1.165) is 44.3 Å². The molecular weight excluding hydrogens is 454 g/mol. The van der Waals surface area contributed by atoms with Gasteiger partial charge in [-0.25, -0.2) is 0 Å². The van der Waals surface area contributed by atoms with E-state index in [0.29, 0.717) is 10.8 Å². The summed E-state index contributed by atoms with van der Waals surface area (Å²) in [4.78, 5) is 29.8. The predicted octanol–water partition coefficient (Wildman–Crippen LogP) is 5.79. The molecule has 180 valence electrons. The fraction of sp³-hybridized carbons (Fsp3) is 0.379. The van der Waals surface area contributed by atoms with Gasteiger partial charge in [0.2, 0.25) is 5.91 Å². The minimum absolute atomic E-state index is 0.0552. The number of para-hydroxylation sites is 1. The van der Waals surface area contributed by atoms with Crippen molar-refractivity contribution in [2.24, 2.45) is 11.8 Å². The molecule has 2 fully saturated rings. The maximum atomic E-state index is 14.1. The van der Waals surface area contributed by atoms with Crippen molar-refractivity contribution in [3.8, 4) is 0 Å². The van der Waals surface area contributed by atoms with Gasteiger partial charge in [-0.15, -0.1) is 11.3 Å². The Morgan fingerprint density at radius 2 is 1.71 bits per heavy atom. The van der Waals surface area contributed by atoms with E-state index in [1.54, 1.807) is 0 Å². The average Bonchev–Trinajstić information content (AvgIpc) is 3.60. The van der Waals surface area contributed by atoms with Crippen LogP contribution in [0.4, 0.5) is 5.69 Å². The number of thiophene rings is 1. The number of nitrogens with one attached hydrogen (secondary N) is 2. The smallest absolute Gasteiger partial charge is 0.261 e. The van der Waals surface area contributed by atoms with Gasteiger partial charge in [-0.05, 0) is 47.9 Å². The Labute approximate surface area is 210 Å². The first kappa shape index (κ1) is 22.4. The number of carbonyl (C=O) groups is 2. The molecule has 2 aromatic carbocycles. The molecular formula is C29H31N3O2S. The van der Waals surface area contributed by atoms with Gasteiger partial charge in [0.15, 0.2) is 0 Å². The first-order valence-corrected chi connectivity index (χ1v) is 13.6. The number of fused-ring (bicyclic) bond motifs is 3. The third-order valence-electron chi connectivity index (χ3n) is 8.05. The second-order valence-electron chi connectivity index (χ2n) is 10.00. The Balaban J connectivity index is 1.29. The summed E-state index contributed by atoms with van der Waals surface area (Å²) >= 11 is 1.45. The number of rotatable bonds is 4. The summed E-state index contributed by atoms with van der Waals surface area (Å²) in [6, 6.07) is 22.9. The van der Waals surface area contributed by atoms with Crippen molar-refractivity contribution in [1.82, 2.24) is 10.2 Å². The number of likely N-dealkylation sites (tertiary alicyclic amines) is 1. The van der Waals surface area contributed by atoms with Gasteiger partial charge >= 0.3 is 0 Å². The molecule has 6 heteroatoms. The standard InChI is InChI=1S/C29H31N3O2S/c33-28(25-15-8-18-35-25)31-24-14-7-5-12-21(24)29(34)32-17-16-22-26(19-9-2-1-3-10-19)30-23-13-6-4-11-20(23)27(22)32/h1-4,6,8-11,13,15,18,21-22,24,26-27,30H,5,7,12,14,16-17H2,(H,31,33)/t21-,22-,24+,26-,27-/m0/s1. The summed E-state index contributed by atoms with van der Waals surface area (Å²) in [5, 5.41) is 8.91. The van der Waals surface area contributed by atoms with Crippen LogP contribution < -0.4 is 10.6 Å². The Kier molecular flexibility index (Phi) is 6.06. The Morgan fingerprint density at radius 3 is 2.54 bits per heavy atom. The number of nitrogens with zero attached hydrogens (tertiary/aromatic N) is 1. The maximum Gasteiger partial charge on any atom is 0.261 e. The highest BCUT2D eigenvalue weighted by molar-refractivity contribution is 7.12. The molecule has 2 aliphatic heterocycles. The van der Waals surface area contributed by atoms with Crippen molar-refractivity contribution in [3.05, 3.63) is 88.1 Å². The van der Waals surface area contributed by atoms with Gasteiger partial charge in [-0.2, -0.15) is 0 Å². The molecule has 5 atom stereocenters. The quantitative estimate of drug-likeness (QED) is 0.491. The van der Waals surface area contributed by atoms with E-state index in [1.807, 2.05) is 17.5 Å². The van der Waals surface area contributed by atoms with Gasteiger partial charge in [0.25, 0.3) is 5.91 Å². The van der Waals surface area contributed by atoms with Gasteiger partial charge in [-0.1, -0.05) is 67.4 Å². The third-order valence-corrected chi connectivity index (χ3v) is 8.92. The molecule has 3 aromatic rings. The second kappa shape index (κ2) is 9.50. The van der Waals surface area contributed by atoms with Crippen LogP contribution in [0.25, 0.3) is 0 Å². The molecule has 1 aromatic heterocycles. The van der Waals surface area contributed by atoms with Crippen LogP contribution in [0.1, 0.15) is 65.0 Å². The van der Waals surface area contributed by atoms with Crippen LogP contribution in [0, 0.1) is 11.8 Å². The lowest BCUT2D eigenvalue weighted by Crippen LogP contribution is -2.50.